The Morgan fingerprint density at radius 1 is 0.970 bits per heavy atom. The van der Waals surface area contributed by atoms with E-state index in [0.717, 1.165) is 11.1 Å². The molecule has 2 N–H and O–H groups in total. The van der Waals surface area contributed by atoms with Crippen LogP contribution in [0.5, 0.6) is 11.5 Å². The minimum atomic E-state index is -0.297. The maximum absolute atomic E-state index is 13.2. The molecule has 1 unspecified atom stereocenters. The first-order chi connectivity index (χ1) is 16.1. The summed E-state index contributed by atoms with van der Waals surface area (Å²) >= 11 is 0. The van der Waals surface area contributed by atoms with E-state index in [1.807, 2.05) is 6.08 Å². The van der Waals surface area contributed by atoms with Gasteiger partial charge in [-0.2, -0.15) is 0 Å². The van der Waals surface area contributed by atoms with Crippen LogP contribution in [-0.2, 0) is 17.8 Å². The first-order valence-corrected chi connectivity index (χ1v) is 10.7. The van der Waals surface area contributed by atoms with Gasteiger partial charge in [0.05, 0.1) is 11.3 Å². The third-order valence-electron chi connectivity index (χ3n) is 5.66. The molecule has 7 heteroatoms. The molecule has 2 aliphatic heterocycles. The maximum Gasteiger partial charge on any atom is 0.256 e. The summed E-state index contributed by atoms with van der Waals surface area (Å²) in [5.41, 5.74) is 3.73. The Morgan fingerprint density at radius 3 is 2.39 bits per heavy atom. The predicted molar refractivity (Wildman–Crippen MR) is 121 cm³/mol. The van der Waals surface area contributed by atoms with E-state index in [-0.39, 0.29) is 23.6 Å². The van der Waals surface area contributed by atoms with Crippen molar-refractivity contribution >= 4 is 17.2 Å². The van der Waals surface area contributed by atoms with Crippen molar-refractivity contribution in [1.82, 2.24) is 5.32 Å². The van der Waals surface area contributed by atoms with Gasteiger partial charge in [0.15, 0.2) is 11.5 Å². The number of benzene rings is 3. The van der Waals surface area contributed by atoms with Crippen LogP contribution in [0.3, 0.4) is 0 Å². The van der Waals surface area contributed by atoms with Crippen molar-refractivity contribution in [2.24, 2.45) is 0 Å². The SMILES string of the molecule is O=C1Nc2ccc3c(c2C1=CCc1ccc(F)cc1)OC(CNCc1ccc(F)cc1)CO3. The number of anilines is 1. The fourth-order valence-electron chi connectivity index (χ4n) is 3.97. The molecule has 33 heavy (non-hydrogen) atoms. The standard InChI is InChI=1S/C26H22F2N2O3/c27-18-6-1-16(2-7-18)5-10-21-24-22(30-26(21)31)11-12-23-25(24)33-20(15-32-23)14-29-13-17-3-8-19(28)9-4-17/h1-4,6-12,20,29H,5,13-15H2,(H,30,31). The Hall–Kier alpha value is -3.71. The number of hydrogen-bond acceptors (Lipinski definition) is 4. The van der Waals surface area contributed by atoms with Gasteiger partial charge >= 0.3 is 0 Å². The fraction of sp³-hybridized carbons (Fsp3) is 0.192. The lowest BCUT2D eigenvalue weighted by Gasteiger charge is -2.28. The number of rotatable bonds is 6. The molecule has 1 atom stereocenters. The number of halogens is 2. The summed E-state index contributed by atoms with van der Waals surface area (Å²) in [5.74, 6) is 0.359. The molecular formula is C26H22F2N2O3. The lowest BCUT2D eigenvalue weighted by molar-refractivity contribution is -0.110. The van der Waals surface area contributed by atoms with Crippen molar-refractivity contribution in [3.8, 4) is 11.5 Å². The highest BCUT2D eigenvalue weighted by Gasteiger charge is 2.33. The number of fused-ring (bicyclic) bond motifs is 3. The van der Waals surface area contributed by atoms with E-state index >= 15 is 0 Å². The van der Waals surface area contributed by atoms with Gasteiger partial charge in [-0.1, -0.05) is 30.3 Å². The van der Waals surface area contributed by atoms with Gasteiger partial charge in [-0.25, -0.2) is 8.78 Å². The monoisotopic (exact) mass is 448 g/mol. The molecule has 1 amide bonds. The fourth-order valence-corrected chi connectivity index (χ4v) is 3.97. The molecule has 2 heterocycles. The van der Waals surface area contributed by atoms with E-state index in [1.165, 1.54) is 24.3 Å². The molecule has 168 valence electrons. The van der Waals surface area contributed by atoms with Crippen LogP contribution in [0.25, 0.3) is 5.57 Å². The van der Waals surface area contributed by atoms with Gasteiger partial charge in [-0.05, 0) is 53.9 Å². The molecule has 0 saturated carbocycles. The summed E-state index contributed by atoms with van der Waals surface area (Å²) in [6.07, 6.45) is 2.06. The Kier molecular flexibility index (Phi) is 5.79. The second-order valence-electron chi connectivity index (χ2n) is 8.03. The minimum absolute atomic E-state index is 0.208. The molecule has 0 aliphatic carbocycles. The molecule has 5 nitrogen and oxygen atoms in total. The van der Waals surface area contributed by atoms with Gasteiger partial charge in [-0.3, -0.25) is 4.79 Å². The van der Waals surface area contributed by atoms with Crippen LogP contribution >= 0.6 is 0 Å². The van der Waals surface area contributed by atoms with E-state index in [2.05, 4.69) is 10.6 Å². The van der Waals surface area contributed by atoms with Crippen molar-refractivity contribution in [3.05, 3.63) is 95.1 Å². The van der Waals surface area contributed by atoms with Crippen molar-refractivity contribution in [3.63, 3.8) is 0 Å². The number of hydrogen-bond donors (Lipinski definition) is 2. The predicted octanol–water partition coefficient (Wildman–Crippen LogP) is 4.47. The summed E-state index contributed by atoms with van der Waals surface area (Å²) in [7, 11) is 0. The zero-order valence-corrected chi connectivity index (χ0v) is 17.7. The van der Waals surface area contributed by atoms with Crippen LogP contribution in [0.2, 0.25) is 0 Å². The number of carbonyl (C=O) groups is 1. The lowest BCUT2D eigenvalue weighted by Crippen LogP contribution is -2.38. The van der Waals surface area contributed by atoms with Gasteiger partial charge < -0.3 is 20.1 Å². The molecule has 3 aromatic carbocycles. The maximum atomic E-state index is 13.2. The third-order valence-corrected chi connectivity index (χ3v) is 5.66. The quantitative estimate of drug-likeness (QED) is 0.547. The average molecular weight is 448 g/mol. The van der Waals surface area contributed by atoms with Crippen LogP contribution in [-0.4, -0.2) is 25.2 Å². The second-order valence-corrected chi connectivity index (χ2v) is 8.03. The highest BCUT2D eigenvalue weighted by Crippen LogP contribution is 2.46. The first-order valence-electron chi connectivity index (χ1n) is 10.7. The van der Waals surface area contributed by atoms with Gasteiger partial charge in [0, 0.05) is 18.7 Å². The third kappa shape index (κ3) is 4.59. The zero-order chi connectivity index (χ0) is 22.8. The summed E-state index contributed by atoms with van der Waals surface area (Å²) in [6.45, 7) is 1.47. The van der Waals surface area contributed by atoms with Crippen LogP contribution in [0, 0.1) is 11.6 Å². The summed E-state index contributed by atoms with van der Waals surface area (Å²) in [4.78, 5) is 12.7. The number of allylic oxidation sites excluding steroid dienone is 1. The van der Waals surface area contributed by atoms with Crippen LogP contribution in [0.4, 0.5) is 14.5 Å². The molecule has 5 rings (SSSR count). The van der Waals surface area contributed by atoms with Crippen molar-refractivity contribution < 1.29 is 23.0 Å². The van der Waals surface area contributed by atoms with Crippen molar-refractivity contribution in [2.45, 2.75) is 19.1 Å². The average Bonchev–Trinajstić information content (AvgIpc) is 3.15. The summed E-state index contributed by atoms with van der Waals surface area (Å²) in [6, 6.07) is 16.1. The lowest BCUT2D eigenvalue weighted by atomic mass is 10.0. The van der Waals surface area contributed by atoms with Gasteiger partial charge in [-0.15, -0.1) is 0 Å². The molecule has 0 saturated heterocycles. The van der Waals surface area contributed by atoms with Gasteiger partial charge in [0.1, 0.15) is 24.3 Å². The highest BCUT2D eigenvalue weighted by molar-refractivity contribution is 6.32. The van der Waals surface area contributed by atoms with E-state index < -0.39 is 0 Å². The van der Waals surface area contributed by atoms with E-state index in [4.69, 9.17) is 9.47 Å². The Balaban J connectivity index is 1.32. The normalized spacial score (nSPS) is 17.7. The molecule has 0 aromatic heterocycles. The molecular weight excluding hydrogens is 426 g/mol. The summed E-state index contributed by atoms with van der Waals surface area (Å²) < 4.78 is 38.4. The number of carbonyl (C=O) groups excluding carboxylic acids is 1. The molecule has 0 radical (unpaired) electrons. The molecule has 2 aliphatic rings. The number of nitrogens with one attached hydrogen (secondary N) is 2. The summed E-state index contributed by atoms with van der Waals surface area (Å²) in [5, 5.41) is 6.18. The smallest absolute Gasteiger partial charge is 0.256 e. The Labute approximate surface area is 190 Å². The van der Waals surface area contributed by atoms with E-state index in [9.17, 15) is 13.6 Å². The van der Waals surface area contributed by atoms with Crippen LogP contribution < -0.4 is 20.1 Å². The molecule has 0 spiro atoms. The first kappa shape index (κ1) is 21.2. The molecule has 0 bridgehead atoms. The Morgan fingerprint density at radius 2 is 1.67 bits per heavy atom. The van der Waals surface area contributed by atoms with Crippen molar-refractivity contribution in [1.29, 1.82) is 0 Å². The van der Waals surface area contributed by atoms with E-state index in [1.54, 1.807) is 36.4 Å². The van der Waals surface area contributed by atoms with Crippen molar-refractivity contribution in [2.75, 3.05) is 18.5 Å². The topological polar surface area (TPSA) is 59.6 Å². The minimum Gasteiger partial charge on any atom is -0.486 e. The van der Waals surface area contributed by atoms with Gasteiger partial charge in [0.25, 0.3) is 5.91 Å². The molecule has 0 fully saturated rings. The second kappa shape index (κ2) is 9.03. The zero-order valence-electron chi connectivity index (χ0n) is 17.7. The highest BCUT2D eigenvalue weighted by atomic mass is 19.1. The van der Waals surface area contributed by atoms with E-state index in [0.29, 0.717) is 54.4 Å². The van der Waals surface area contributed by atoms with Crippen LogP contribution in [0.1, 0.15) is 16.7 Å². The Bertz CT molecular complexity index is 1210. The molecule has 3 aromatic rings. The van der Waals surface area contributed by atoms with Gasteiger partial charge in [0.2, 0.25) is 0 Å². The van der Waals surface area contributed by atoms with Crippen LogP contribution in [0.15, 0.2) is 66.7 Å². The largest absolute Gasteiger partial charge is 0.486 e. The number of ether oxygens (including phenoxy) is 2. The number of amides is 1.